The molecule has 1 saturated carbocycles. The highest BCUT2D eigenvalue weighted by atomic mass is 16.2. The Morgan fingerprint density at radius 1 is 1.27 bits per heavy atom. The summed E-state index contributed by atoms with van der Waals surface area (Å²) in [6.45, 7) is 7.09. The fourth-order valence-corrected chi connectivity index (χ4v) is 3.93. The minimum atomic E-state index is 0.369. The molecule has 0 radical (unpaired) electrons. The monoisotopic (exact) mass is 303 g/mol. The topological polar surface area (TPSA) is 38.1 Å². The number of aryl methyl sites for hydroxylation is 1. The van der Waals surface area contributed by atoms with E-state index < -0.39 is 0 Å². The lowest BCUT2D eigenvalue weighted by Crippen LogP contribution is -2.49. The second-order valence-corrected chi connectivity index (χ2v) is 7.11. The minimum Gasteiger partial charge on any atom is -0.341 e. The van der Waals surface area contributed by atoms with Gasteiger partial charge in [0.1, 0.15) is 5.82 Å². The summed E-state index contributed by atoms with van der Waals surface area (Å²) in [7, 11) is 0. The molecule has 1 amide bonds. The molecule has 2 heterocycles. The SMILES string of the molecule is CCCn1c(C)cnc1C1CN(C(=O)CC2CCCCC2)C1. The first-order chi connectivity index (χ1) is 10.7. The van der Waals surface area contributed by atoms with Gasteiger partial charge in [0.2, 0.25) is 5.91 Å². The van der Waals surface area contributed by atoms with E-state index in [0.717, 1.165) is 32.5 Å². The molecular formula is C18H29N3O. The maximum Gasteiger partial charge on any atom is 0.222 e. The van der Waals surface area contributed by atoms with Crippen LogP contribution in [0.5, 0.6) is 0 Å². The average Bonchev–Trinajstić information content (AvgIpc) is 2.81. The van der Waals surface area contributed by atoms with Gasteiger partial charge in [-0.05, 0) is 32.1 Å². The van der Waals surface area contributed by atoms with Crippen molar-refractivity contribution in [3.63, 3.8) is 0 Å². The first-order valence-corrected chi connectivity index (χ1v) is 8.98. The molecule has 1 aromatic rings. The molecule has 4 nitrogen and oxygen atoms in total. The molecule has 4 heteroatoms. The van der Waals surface area contributed by atoms with Crippen LogP contribution in [0.15, 0.2) is 6.20 Å². The number of likely N-dealkylation sites (tertiary alicyclic amines) is 1. The van der Waals surface area contributed by atoms with Crippen molar-refractivity contribution in [2.75, 3.05) is 13.1 Å². The average molecular weight is 303 g/mol. The number of rotatable bonds is 5. The van der Waals surface area contributed by atoms with Crippen LogP contribution in [-0.4, -0.2) is 33.4 Å². The van der Waals surface area contributed by atoms with E-state index in [1.165, 1.54) is 43.6 Å². The Labute approximate surface area is 133 Å². The maximum atomic E-state index is 12.4. The number of carbonyl (C=O) groups is 1. The summed E-state index contributed by atoms with van der Waals surface area (Å²) < 4.78 is 2.33. The Morgan fingerprint density at radius 2 is 2.00 bits per heavy atom. The van der Waals surface area contributed by atoms with E-state index in [-0.39, 0.29) is 0 Å². The Kier molecular flexibility index (Phi) is 4.84. The van der Waals surface area contributed by atoms with E-state index in [4.69, 9.17) is 0 Å². The van der Waals surface area contributed by atoms with Crippen molar-refractivity contribution < 1.29 is 4.79 Å². The molecular weight excluding hydrogens is 274 g/mol. The zero-order valence-corrected chi connectivity index (χ0v) is 14.1. The van der Waals surface area contributed by atoms with Gasteiger partial charge in [-0.3, -0.25) is 4.79 Å². The molecule has 0 atom stereocenters. The van der Waals surface area contributed by atoms with E-state index in [1.807, 2.05) is 11.1 Å². The van der Waals surface area contributed by atoms with E-state index in [0.29, 0.717) is 17.7 Å². The predicted octanol–water partition coefficient (Wildman–Crippen LogP) is 3.50. The van der Waals surface area contributed by atoms with Gasteiger partial charge in [-0.2, -0.15) is 0 Å². The van der Waals surface area contributed by atoms with Crippen LogP contribution in [-0.2, 0) is 11.3 Å². The standard InChI is InChI=1S/C18H29N3O/c1-3-9-21-14(2)11-19-18(21)16-12-20(13-16)17(22)10-15-7-5-4-6-8-15/h11,15-16H,3-10,12-13H2,1-2H3. The normalized spacial score (nSPS) is 20.2. The zero-order valence-electron chi connectivity index (χ0n) is 14.1. The van der Waals surface area contributed by atoms with Crippen molar-refractivity contribution in [1.82, 2.24) is 14.5 Å². The van der Waals surface area contributed by atoms with E-state index >= 15 is 0 Å². The smallest absolute Gasteiger partial charge is 0.222 e. The zero-order chi connectivity index (χ0) is 15.5. The van der Waals surface area contributed by atoms with Crippen LogP contribution in [0.4, 0.5) is 0 Å². The Balaban J connectivity index is 1.52. The summed E-state index contributed by atoms with van der Waals surface area (Å²) in [6.07, 6.45) is 10.4. The van der Waals surface area contributed by atoms with Crippen molar-refractivity contribution in [2.45, 2.75) is 71.3 Å². The lowest BCUT2D eigenvalue weighted by atomic mass is 9.86. The first-order valence-electron chi connectivity index (χ1n) is 8.98. The van der Waals surface area contributed by atoms with Gasteiger partial charge in [0.15, 0.2) is 0 Å². The van der Waals surface area contributed by atoms with Crippen molar-refractivity contribution in [3.05, 3.63) is 17.7 Å². The molecule has 3 rings (SSSR count). The van der Waals surface area contributed by atoms with E-state index in [9.17, 15) is 4.79 Å². The number of nitrogens with zero attached hydrogens (tertiary/aromatic N) is 3. The molecule has 1 saturated heterocycles. The highest BCUT2D eigenvalue weighted by Crippen LogP contribution is 2.31. The number of imidazole rings is 1. The van der Waals surface area contributed by atoms with Gasteiger partial charge in [-0.25, -0.2) is 4.98 Å². The summed E-state index contributed by atoms with van der Waals surface area (Å²) in [6, 6.07) is 0. The molecule has 122 valence electrons. The highest BCUT2D eigenvalue weighted by Gasteiger charge is 2.35. The summed E-state index contributed by atoms with van der Waals surface area (Å²) >= 11 is 0. The second kappa shape index (κ2) is 6.84. The lowest BCUT2D eigenvalue weighted by Gasteiger charge is -2.40. The van der Waals surface area contributed by atoms with Crippen LogP contribution in [0.1, 0.15) is 69.3 Å². The molecule has 0 N–H and O–H groups in total. The molecule has 0 spiro atoms. The van der Waals surface area contributed by atoms with Crippen LogP contribution < -0.4 is 0 Å². The van der Waals surface area contributed by atoms with Gasteiger partial charge in [-0.15, -0.1) is 0 Å². The minimum absolute atomic E-state index is 0.369. The lowest BCUT2D eigenvalue weighted by molar-refractivity contribution is -0.137. The number of amides is 1. The molecule has 2 fully saturated rings. The van der Waals surface area contributed by atoms with Crippen LogP contribution in [0.3, 0.4) is 0 Å². The molecule has 0 bridgehead atoms. The summed E-state index contributed by atoms with van der Waals surface area (Å²) in [4.78, 5) is 19.0. The number of aromatic nitrogens is 2. The maximum absolute atomic E-state index is 12.4. The third kappa shape index (κ3) is 3.21. The first kappa shape index (κ1) is 15.6. The third-order valence-corrected chi connectivity index (χ3v) is 5.32. The summed E-state index contributed by atoms with van der Waals surface area (Å²) in [5.41, 5.74) is 1.24. The highest BCUT2D eigenvalue weighted by molar-refractivity contribution is 5.77. The van der Waals surface area contributed by atoms with Gasteiger partial charge in [0.05, 0.1) is 5.92 Å². The van der Waals surface area contributed by atoms with Crippen LogP contribution in [0.25, 0.3) is 0 Å². The van der Waals surface area contributed by atoms with E-state index in [1.54, 1.807) is 0 Å². The van der Waals surface area contributed by atoms with Gasteiger partial charge in [-0.1, -0.05) is 26.2 Å². The largest absolute Gasteiger partial charge is 0.341 e. The second-order valence-electron chi connectivity index (χ2n) is 7.11. The fourth-order valence-electron chi connectivity index (χ4n) is 3.93. The fraction of sp³-hybridized carbons (Fsp3) is 0.778. The Hall–Kier alpha value is -1.32. The van der Waals surface area contributed by atoms with Gasteiger partial charge < -0.3 is 9.47 Å². The molecule has 22 heavy (non-hydrogen) atoms. The Morgan fingerprint density at radius 3 is 2.68 bits per heavy atom. The van der Waals surface area contributed by atoms with Gasteiger partial charge in [0.25, 0.3) is 0 Å². The molecule has 1 aliphatic carbocycles. The third-order valence-electron chi connectivity index (χ3n) is 5.32. The summed E-state index contributed by atoms with van der Waals surface area (Å²) in [5.74, 6) is 2.63. The molecule has 0 aromatic carbocycles. The van der Waals surface area contributed by atoms with Crippen molar-refractivity contribution >= 4 is 5.91 Å². The van der Waals surface area contributed by atoms with Crippen LogP contribution >= 0.6 is 0 Å². The van der Waals surface area contributed by atoms with Crippen LogP contribution in [0.2, 0.25) is 0 Å². The number of hydrogen-bond acceptors (Lipinski definition) is 2. The molecule has 1 aliphatic heterocycles. The molecule has 0 unspecified atom stereocenters. The number of carbonyl (C=O) groups excluding carboxylic acids is 1. The van der Waals surface area contributed by atoms with Gasteiger partial charge >= 0.3 is 0 Å². The van der Waals surface area contributed by atoms with Crippen molar-refractivity contribution in [1.29, 1.82) is 0 Å². The van der Waals surface area contributed by atoms with Crippen molar-refractivity contribution in [3.8, 4) is 0 Å². The molecule has 2 aliphatic rings. The van der Waals surface area contributed by atoms with Gasteiger partial charge in [0, 0.05) is 37.9 Å². The Bertz CT molecular complexity index is 510. The quantitative estimate of drug-likeness (QED) is 0.835. The van der Waals surface area contributed by atoms with Crippen LogP contribution in [0, 0.1) is 12.8 Å². The molecule has 1 aromatic heterocycles. The summed E-state index contributed by atoms with van der Waals surface area (Å²) in [5, 5.41) is 0. The van der Waals surface area contributed by atoms with E-state index in [2.05, 4.69) is 23.4 Å². The number of hydrogen-bond donors (Lipinski definition) is 0. The van der Waals surface area contributed by atoms with Crippen molar-refractivity contribution in [2.24, 2.45) is 5.92 Å². The predicted molar refractivity (Wildman–Crippen MR) is 87.8 cm³/mol.